The Morgan fingerprint density at radius 1 is 1.23 bits per heavy atom. The summed E-state index contributed by atoms with van der Waals surface area (Å²) in [6.45, 7) is 6.69. The zero-order chi connectivity index (χ0) is 9.90. The Morgan fingerprint density at radius 2 is 1.85 bits per heavy atom. The Kier molecular flexibility index (Phi) is 2.98. The zero-order valence-electron chi connectivity index (χ0n) is 8.37. The second-order valence-electron chi connectivity index (χ2n) is 4.32. The lowest BCUT2D eigenvalue weighted by Crippen LogP contribution is -2.29. The Bertz CT molecular complexity index is 278. The fraction of sp³-hybridized carbons (Fsp3) is 0.400. The van der Waals surface area contributed by atoms with Crippen LogP contribution in [0.5, 0.6) is 11.5 Å². The van der Waals surface area contributed by atoms with Crippen LogP contribution in [0.3, 0.4) is 0 Å². The fourth-order valence-corrected chi connectivity index (χ4v) is 1.46. The van der Waals surface area contributed by atoms with Crippen LogP contribution in [0.2, 0.25) is 19.6 Å². The molecule has 2 nitrogen and oxygen atoms in total. The number of para-hydroxylation sites is 2. The molecule has 0 spiro atoms. The summed E-state index contributed by atoms with van der Waals surface area (Å²) in [4.78, 5) is 0. The van der Waals surface area contributed by atoms with Gasteiger partial charge in [0.2, 0.25) is 0 Å². The quantitative estimate of drug-likeness (QED) is 0.753. The number of benzene rings is 1. The topological polar surface area (TPSA) is 29.5 Å². The number of ether oxygens (including phenoxy) is 1. The predicted molar refractivity (Wildman–Crippen MR) is 56.9 cm³/mol. The lowest BCUT2D eigenvalue weighted by molar-refractivity contribution is 0.348. The smallest absolute Gasteiger partial charge is 0.160 e. The Labute approximate surface area is 80.2 Å². The second kappa shape index (κ2) is 3.83. The fourth-order valence-electron chi connectivity index (χ4n) is 0.873. The zero-order valence-corrected chi connectivity index (χ0v) is 9.37. The molecule has 0 fully saturated rings. The lowest BCUT2D eigenvalue weighted by Gasteiger charge is -2.17. The van der Waals surface area contributed by atoms with Crippen LogP contribution in [-0.4, -0.2) is 19.4 Å². The molecule has 0 radical (unpaired) electrons. The average molecular weight is 196 g/mol. The Hall–Kier alpha value is -0.963. The molecule has 0 amide bonds. The van der Waals surface area contributed by atoms with Gasteiger partial charge in [0.15, 0.2) is 11.5 Å². The lowest BCUT2D eigenvalue weighted by atomic mass is 10.3. The van der Waals surface area contributed by atoms with E-state index in [0.717, 1.165) is 6.23 Å². The van der Waals surface area contributed by atoms with E-state index in [0.29, 0.717) is 5.75 Å². The van der Waals surface area contributed by atoms with Crippen molar-refractivity contribution in [3.05, 3.63) is 24.3 Å². The molecule has 0 aromatic heterocycles. The molecule has 0 heterocycles. The van der Waals surface area contributed by atoms with Gasteiger partial charge in [-0.05, 0) is 12.1 Å². The first-order chi connectivity index (χ1) is 5.99. The third kappa shape index (κ3) is 3.50. The molecular weight excluding hydrogens is 180 g/mol. The largest absolute Gasteiger partial charge is 0.504 e. The molecule has 0 aliphatic heterocycles. The minimum Gasteiger partial charge on any atom is -0.504 e. The van der Waals surface area contributed by atoms with Crippen molar-refractivity contribution < 1.29 is 9.84 Å². The van der Waals surface area contributed by atoms with E-state index < -0.39 is 8.07 Å². The van der Waals surface area contributed by atoms with Crippen LogP contribution in [0, 0.1) is 0 Å². The molecule has 0 saturated carbocycles. The number of phenolic OH excluding ortho intramolecular Hbond substituents is 1. The third-order valence-corrected chi connectivity index (χ3v) is 2.54. The highest BCUT2D eigenvalue weighted by Gasteiger charge is 2.14. The van der Waals surface area contributed by atoms with E-state index in [4.69, 9.17) is 4.74 Å². The number of aromatic hydroxyl groups is 1. The molecule has 0 unspecified atom stereocenters. The van der Waals surface area contributed by atoms with Crippen molar-refractivity contribution in [2.45, 2.75) is 19.6 Å². The maximum Gasteiger partial charge on any atom is 0.160 e. The van der Waals surface area contributed by atoms with E-state index in [2.05, 4.69) is 19.6 Å². The van der Waals surface area contributed by atoms with Crippen molar-refractivity contribution in [2.24, 2.45) is 0 Å². The molecule has 0 bridgehead atoms. The van der Waals surface area contributed by atoms with Crippen molar-refractivity contribution in [1.82, 2.24) is 0 Å². The van der Waals surface area contributed by atoms with Crippen LogP contribution >= 0.6 is 0 Å². The first-order valence-electron chi connectivity index (χ1n) is 4.40. The van der Waals surface area contributed by atoms with Gasteiger partial charge in [0, 0.05) is 0 Å². The van der Waals surface area contributed by atoms with E-state index in [9.17, 15) is 5.11 Å². The van der Waals surface area contributed by atoms with Crippen LogP contribution in [0.4, 0.5) is 0 Å². The molecule has 0 saturated heterocycles. The summed E-state index contributed by atoms with van der Waals surface area (Å²) in [6, 6.07) is 7.07. The summed E-state index contributed by atoms with van der Waals surface area (Å²) in [7, 11) is -1.20. The molecule has 3 heteroatoms. The maximum absolute atomic E-state index is 9.40. The molecule has 1 N–H and O–H groups in total. The maximum atomic E-state index is 9.40. The normalized spacial score (nSPS) is 11.3. The van der Waals surface area contributed by atoms with Crippen LogP contribution in [0.15, 0.2) is 24.3 Å². The summed E-state index contributed by atoms with van der Waals surface area (Å²) in [6.07, 6.45) is 0.741. The first kappa shape index (κ1) is 10.1. The van der Waals surface area contributed by atoms with Gasteiger partial charge in [-0.3, -0.25) is 0 Å². The summed E-state index contributed by atoms with van der Waals surface area (Å²) >= 11 is 0. The minimum atomic E-state index is -1.20. The SMILES string of the molecule is C[Si](C)(C)COc1ccccc1O. The second-order valence-corrected chi connectivity index (χ2v) is 9.73. The standard InChI is InChI=1S/C10H16O2Si/c1-13(2,3)8-12-10-7-5-4-6-9(10)11/h4-7,11H,8H2,1-3H3. The number of rotatable bonds is 3. The highest BCUT2D eigenvalue weighted by atomic mass is 28.3. The van der Waals surface area contributed by atoms with Gasteiger partial charge in [0.25, 0.3) is 0 Å². The van der Waals surface area contributed by atoms with E-state index in [1.54, 1.807) is 18.2 Å². The summed E-state index contributed by atoms with van der Waals surface area (Å²) in [5, 5.41) is 9.40. The van der Waals surface area contributed by atoms with Gasteiger partial charge in [0.05, 0.1) is 14.3 Å². The van der Waals surface area contributed by atoms with E-state index in [-0.39, 0.29) is 5.75 Å². The van der Waals surface area contributed by atoms with Crippen molar-refractivity contribution in [2.75, 3.05) is 6.23 Å². The predicted octanol–water partition coefficient (Wildman–Crippen LogP) is 2.65. The number of phenols is 1. The molecule has 0 aliphatic rings. The summed E-state index contributed by atoms with van der Waals surface area (Å²) in [5.41, 5.74) is 0. The molecule has 1 aromatic rings. The van der Waals surface area contributed by atoms with E-state index in [1.807, 2.05) is 6.07 Å². The van der Waals surface area contributed by atoms with Crippen LogP contribution in [-0.2, 0) is 0 Å². The highest BCUT2D eigenvalue weighted by molar-refractivity contribution is 6.76. The molecule has 0 atom stereocenters. The van der Waals surface area contributed by atoms with Crippen LogP contribution < -0.4 is 4.74 Å². The molecule has 1 aromatic carbocycles. The molecular formula is C10H16O2Si. The van der Waals surface area contributed by atoms with E-state index in [1.165, 1.54) is 0 Å². The monoisotopic (exact) mass is 196 g/mol. The number of hydrogen-bond acceptors (Lipinski definition) is 2. The minimum absolute atomic E-state index is 0.223. The van der Waals surface area contributed by atoms with Crippen LogP contribution in [0.1, 0.15) is 0 Å². The molecule has 0 aliphatic carbocycles. The summed E-state index contributed by atoms with van der Waals surface area (Å²) in [5.74, 6) is 0.811. The van der Waals surface area contributed by atoms with Gasteiger partial charge < -0.3 is 9.84 Å². The summed E-state index contributed by atoms with van der Waals surface area (Å²) < 4.78 is 5.51. The Morgan fingerprint density at radius 3 is 2.38 bits per heavy atom. The average Bonchev–Trinajstić information content (AvgIpc) is 2.01. The molecule has 1 rings (SSSR count). The molecule has 13 heavy (non-hydrogen) atoms. The third-order valence-electron chi connectivity index (χ3n) is 1.53. The van der Waals surface area contributed by atoms with Crippen LogP contribution in [0.25, 0.3) is 0 Å². The van der Waals surface area contributed by atoms with E-state index >= 15 is 0 Å². The highest BCUT2D eigenvalue weighted by Crippen LogP contribution is 2.24. The van der Waals surface area contributed by atoms with Gasteiger partial charge >= 0.3 is 0 Å². The van der Waals surface area contributed by atoms with Gasteiger partial charge in [0.1, 0.15) is 0 Å². The van der Waals surface area contributed by atoms with Gasteiger partial charge in [-0.1, -0.05) is 31.8 Å². The first-order valence-corrected chi connectivity index (χ1v) is 8.10. The van der Waals surface area contributed by atoms with Gasteiger partial charge in [-0.15, -0.1) is 0 Å². The van der Waals surface area contributed by atoms with Crippen molar-refractivity contribution in [3.8, 4) is 11.5 Å². The van der Waals surface area contributed by atoms with Crippen molar-refractivity contribution >= 4 is 8.07 Å². The van der Waals surface area contributed by atoms with Crippen molar-refractivity contribution in [3.63, 3.8) is 0 Å². The Balaban J connectivity index is 2.60. The van der Waals surface area contributed by atoms with Gasteiger partial charge in [-0.2, -0.15) is 0 Å². The van der Waals surface area contributed by atoms with Crippen molar-refractivity contribution in [1.29, 1.82) is 0 Å². The number of hydrogen-bond donors (Lipinski definition) is 1. The molecule has 72 valence electrons. The van der Waals surface area contributed by atoms with Gasteiger partial charge in [-0.25, -0.2) is 0 Å².